The first-order valence-corrected chi connectivity index (χ1v) is 5.94. The Morgan fingerprint density at radius 1 is 1.33 bits per heavy atom. The van der Waals surface area contributed by atoms with Crippen molar-refractivity contribution in [1.29, 1.82) is 0 Å². The van der Waals surface area contributed by atoms with E-state index in [4.69, 9.17) is 4.74 Å². The molecule has 0 N–H and O–H groups in total. The summed E-state index contributed by atoms with van der Waals surface area (Å²) in [7, 11) is 0. The maximum absolute atomic E-state index is 5.44. The number of ether oxygens (including phenoxy) is 1. The summed E-state index contributed by atoms with van der Waals surface area (Å²) in [5.41, 5.74) is 0. The molecule has 0 aromatic rings. The van der Waals surface area contributed by atoms with E-state index in [0.717, 1.165) is 25.0 Å². The molecule has 2 heterocycles. The van der Waals surface area contributed by atoms with Gasteiger partial charge in [0.05, 0.1) is 18.6 Å². The molecule has 0 aliphatic carbocycles. The van der Waals surface area contributed by atoms with E-state index >= 15 is 0 Å². The number of nitrogens with zero attached hydrogens (tertiary/aromatic N) is 1. The largest absolute Gasteiger partial charge is 0.381 e. The highest BCUT2D eigenvalue weighted by molar-refractivity contribution is 7.99. The minimum Gasteiger partial charge on any atom is -0.381 e. The van der Waals surface area contributed by atoms with E-state index in [1.54, 1.807) is 0 Å². The van der Waals surface area contributed by atoms with Crippen LogP contribution in [0.1, 0.15) is 6.92 Å². The molecule has 3 unspecified atom stereocenters. The Kier molecular flexibility index (Phi) is 2.63. The second-order valence-corrected chi connectivity index (χ2v) is 5.00. The molecule has 2 saturated heterocycles. The SMILES string of the molecule is CSC(C)N1CC2COCC2C1. The van der Waals surface area contributed by atoms with Crippen molar-refractivity contribution in [1.82, 2.24) is 4.90 Å². The lowest BCUT2D eigenvalue weighted by Gasteiger charge is -2.22. The van der Waals surface area contributed by atoms with Gasteiger partial charge in [-0.3, -0.25) is 4.90 Å². The van der Waals surface area contributed by atoms with Crippen LogP contribution in [-0.4, -0.2) is 42.8 Å². The van der Waals surface area contributed by atoms with Crippen LogP contribution in [0.2, 0.25) is 0 Å². The number of hydrogen-bond acceptors (Lipinski definition) is 3. The van der Waals surface area contributed by atoms with Crippen molar-refractivity contribution in [2.75, 3.05) is 32.6 Å². The lowest BCUT2D eigenvalue weighted by atomic mass is 10.0. The highest BCUT2D eigenvalue weighted by atomic mass is 32.2. The van der Waals surface area contributed by atoms with Crippen molar-refractivity contribution in [2.45, 2.75) is 12.3 Å². The molecule has 70 valence electrons. The van der Waals surface area contributed by atoms with Crippen molar-refractivity contribution in [2.24, 2.45) is 11.8 Å². The molecule has 2 aliphatic rings. The van der Waals surface area contributed by atoms with Crippen molar-refractivity contribution in [3.05, 3.63) is 0 Å². The number of rotatable bonds is 2. The summed E-state index contributed by atoms with van der Waals surface area (Å²) < 4.78 is 5.44. The van der Waals surface area contributed by atoms with Crippen LogP contribution in [0.15, 0.2) is 0 Å². The fourth-order valence-corrected chi connectivity index (χ4v) is 2.64. The van der Waals surface area contributed by atoms with E-state index in [0.29, 0.717) is 5.37 Å². The second-order valence-electron chi connectivity index (χ2n) is 3.85. The molecule has 0 bridgehead atoms. The molecule has 0 aromatic heterocycles. The number of likely N-dealkylation sites (tertiary alicyclic amines) is 1. The Labute approximate surface area is 78.6 Å². The van der Waals surface area contributed by atoms with Gasteiger partial charge in [-0.2, -0.15) is 0 Å². The topological polar surface area (TPSA) is 12.5 Å². The molecule has 3 heteroatoms. The van der Waals surface area contributed by atoms with Crippen molar-refractivity contribution >= 4 is 11.8 Å². The fraction of sp³-hybridized carbons (Fsp3) is 1.00. The molecule has 0 spiro atoms. The van der Waals surface area contributed by atoms with Crippen molar-refractivity contribution in [3.63, 3.8) is 0 Å². The highest BCUT2D eigenvalue weighted by Crippen LogP contribution is 2.31. The molecule has 2 aliphatic heterocycles. The first-order chi connectivity index (χ1) is 5.81. The molecule has 12 heavy (non-hydrogen) atoms. The first kappa shape index (κ1) is 8.85. The van der Waals surface area contributed by atoms with Gasteiger partial charge in [0.25, 0.3) is 0 Å². The third kappa shape index (κ3) is 1.50. The summed E-state index contributed by atoms with van der Waals surface area (Å²) in [4.78, 5) is 2.59. The van der Waals surface area contributed by atoms with Crippen LogP contribution in [-0.2, 0) is 4.74 Å². The number of hydrogen-bond donors (Lipinski definition) is 0. The zero-order chi connectivity index (χ0) is 8.55. The van der Waals surface area contributed by atoms with Crippen LogP contribution < -0.4 is 0 Å². The van der Waals surface area contributed by atoms with E-state index in [2.05, 4.69) is 18.1 Å². The van der Waals surface area contributed by atoms with Crippen molar-refractivity contribution < 1.29 is 4.74 Å². The number of fused-ring (bicyclic) bond motifs is 1. The van der Waals surface area contributed by atoms with E-state index < -0.39 is 0 Å². The molecule has 2 fully saturated rings. The van der Waals surface area contributed by atoms with E-state index in [1.165, 1.54) is 13.1 Å². The van der Waals surface area contributed by atoms with Gasteiger partial charge in [0.2, 0.25) is 0 Å². The Morgan fingerprint density at radius 3 is 2.42 bits per heavy atom. The maximum Gasteiger partial charge on any atom is 0.0526 e. The van der Waals surface area contributed by atoms with Gasteiger partial charge in [0.1, 0.15) is 0 Å². The summed E-state index contributed by atoms with van der Waals surface area (Å²) in [6.07, 6.45) is 2.19. The standard InChI is InChI=1S/C9H17NOS/c1-7(12-2)10-3-8-5-11-6-9(8)4-10/h7-9H,3-6H2,1-2H3. The van der Waals surface area contributed by atoms with E-state index in [-0.39, 0.29) is 0 Å². The molecule has 0 radical (unpaired) electrons. The van der Waals surface area contributed by atoms with Gasteiger partial charge in [0.15, 0.2) is 0 Å². The van der Waals surface area contributed by atoms with Crippen LogP contribution in [0.5, 0.6) is 0 Å². The first-order valence-electron chi connectivity index (χ1n) is 4.66. The molecule has 0 aromatic carbocycles. The Balaban J connectivity index is 1.90. The Bertz CT molecular complexity index is 153. The third-order valence-corrected chi connectivity index (χ3v) is 4.10. The summed E-state index contributed by atoms with van der Waals surface area (Å²) in [5, 5.41) is 0.690. The molecule has 2 rings (SSSR count). The molecule has 3 atom stereocenters. The average Bonchev–Trinajstić information content (AvgIpc) is 2.60. The lowest BCUT2D eigenvalue weighted by Crippen LogP contribution is -2.29. The predicted molar refractivity (Wildman–Crippen MR) is 52.3 cm³/mol. The minimum absolute atomic E-state index is 0.690. The molecule has 0 saturated carbocycles. The zero-order valence-electron chi connectivity index (χ0n) is 7.82. The van der Waals surface area contributed by atoms with Crippen LogP contribution >= 0.6 is 11.8 Å². The predicted octanol–water partition coefficient (Wildman–Crippen LogP) is 1.27. The molecular weight excluding hydrogens is 170 g/mol. The summed E-state index contributed by atoms with van der Waals surface area (Å²) in [5.74, 6) is 1.67. The van der Waals surface area contributed by atoms with Gasteiger partial charge in [0, 0.05) is 24.9 Å². The summed E-state index contributed by atoms with van der Waals surface area (Å²) in [6, 6.07) is 0. The van der Waals surface area contributed by atoms with Gasteiger partial charge >= 0.3 is 0 Å². The van der Waals surface area contributed by atoms with Gasteiger partial charge in [-0.15, -0.1) is 11.8 Å². The van der Waals surface area contributed by atoms with Crippen LogP contribution in [0.25, 0.3) is 0 Å². The van der Waals surface area contributed by atoms with E-state index in [1.807, 2.05) is 11.8 Å². The second kappa shape index (κ2) is 3.56. The van der Waals surface area contributed by atoms with Gasteiger partial charge in [-0.05, 0) is 13.2 Å². The Hall–Kier alpha value is 0.270. The smallest absolute Gasteiger partial charge is 0.0526 e. The molecular formula is C9H17NOS. The van der Waals surface area contributed by atoms with E-state index in [9.17, 15) is 0 Å². The van der Waals surface area contributed by atoms with Gasteiger partial charge in [-0.25, -0.2) is 0 Å². The van der Waals surface area contributed by atoms with Gasteiger partial charge < -0.3 is 4.74 Å². The van der Waals surface area contributed by atoms with Gasteiger partial charge in [-0.1, -0.05) is 0 Å². The normalized spacial score (nSPS) is 38.5. The van der Waals surface area contributed by atoms with Crippen LogP contribution in [0.3, 0.4) is 0 Å². The monoisotopic (exact) mass is 187 g/mol. The van der Waals surface area contributed by atoms with Crippen molar-refractivity contribution in [3.8, 4) is 0 Å². The Morgan fingerprint density at radius 2 is 1.92 bits per heavy atom. The lowest BCUT2D eigenvalue weighted by molar-refractivity contribution is 0.153. The minimum atomic E-state index is 0.690. The molecule has 0 amide bonds. The summed E-state index contributed by atoms with van der Waals surface area (Å²) in [6.45, 7) is 6.82. The number of thioether (sulfide) groups is 1. The fourth-order valence-electron chi connectivity index (χ4n) is 2.17. The maximum atomic E-state index is 5.44. The quantitative estimate of drug-likeness (QED) is 0.646. The zero-order valence-corrected chi connectivity index (χ0v) is 8.64. The van der Waals surface area contributed by atoms with Crippen LogP contribution in [0.4, 0.5) is 0 Å². The highest BCUT2D eigenvalue weighted by Gasteiger charge is 2.38. The third-order valence-electron chi connectivity index (χ3n) is 3.12. The molecule has 2 nitrogen and oxygen atoms in total. The summed E-state index contributed by atoms with van der Waals surface area (Å²) >= 11 is 1.95. The average molecular weight is 187 g/mol. The van der Waals surface area contributed by atoms with Crippen LogP contribution in [0, 0.1) is 11.8 Å².